The zero-order valence-electron chi connectivity index (χ0n) is 18.8. The summed E-state index contributed by atoms with van der Waals surface area (Å²) in [4.78, 5) is 37.6. The number of rotatable bonds is 6. The Morgan fingerprint density at radius 1 is 0.879 bits per heavy atom. The van der Waals surface area contributed by atoms with Crippen LogP contribution in [0.15, 0.2) is 66.7 Å². The number of aryl methyl sites for hydroxylation is 1. The number of anilines is 1. The highest BCUT2D eigenvalue weighted by atomic mass is 19.1. The van der Waals surface area contributed by atoms with Crippen LogP contribution in [-0.2, 0) is 4.79 Å². The van der Waals surface area contributed by atoms with Gasteiger partial charge in [-0.2, -0.15) is 0 Å². The summed E-state index contributed by atoms with van der Waals surface area (Å²) in [7, 11) is 1.46. The molecular formula is C26H25FN2O4. The van der Waals surface area contributed by atoms with E-state index in [1.54, 1.807) is 43.3 Å². The first-order valence-electron chi connectivity index (χ1n) is 10.3. The van der Waals surface area contributed by atoms with Crippen LogP contribution in [0.25, 0.3) is 11.1 Å². The standard InChI is InChI=1S/C26H25FN2O4/c1-16-15-20(11-14-22(16)27)23(30)28-21-12-9-18(10-13-21)17-5-7-19(8-6-17)24(31)29(4)26(2,3)25(32)33/h5-15H,1-4H3,(H,28,30)(H,32,33). The quantitative estimate of drug-likeness (QED) is 0.556. The maximum Gasteiger partial charge on any atom is 0.329 e. The second kappa shape index (κ2) is 9.24. The van der Waals surface area contributed by atoms with Crippen molar-refractivity contribution < 1.29 is 23.9 Å². The van der Waals surface area contributed by atoms with Crippen molar-refractivity contribution in [3.63, 3.8) is 0 Å². The zero-order chi connectivity index (χ0) is 24.3. The van der Waals surface area contributed by atoms with E-state index in [9.17, 15) is 23.9 Å². The number of aliphatic carboxylic acids is 1. The lowest BCUT2D eigenvalue weighted by molar-refractivity contribution is -0.147. The molecule has 0 aromatic heterocycles. The van der Waals surface area contributed by atoms with E-state index >= 15 is 0 Å². The molecule has 0 heterocycles. The Kier molecular flexibility index (Phi) is 6.62. The molecule has 33 heavy (non-hydrogen) atoms. The molecule has 0 unspecified atom stereocenters. The largest absolute Gasteiger partial charge is 0.480 e. The summed E-state index contributed by atoms with van der Waals surface area (Å²) in [5, 5.41) is 12.1. The van der Waals surface area contributed by atoms with Crippen LogP contribution in [-0.4, -0.2) is 40.4 Å². The van der Waals surface area contributed by atoms with Crippen molar-refractivity contribution in [1.82, 2.24) is 4.90 Å². The maximum atomic E-state index is 13.4. The Hall–Kier alpha value is -4.00. The lowest BCUT2D eigenvalue weighted by Gasteiger charge is -2.31. The topological polar surface area (TPSA) is 86.7 Å². The fourth-order valence-electron chi connectivity index (χ4n) is 3.13. The first-order chi connectivity index (χ1) is 15.5. The number of nitrogens with zero attached hydrogens (tertiary/aromatic N) is 1. The molecule has 0 fully saturated rings. The Morgan fingerprint density at radius 3 is 1.91 bits per heavy atom. The fourth-order valence-corrected chi connectivity index (χ4v) is 3.13. The van der Waals surface area contributed by atoms with Gasteiger partial charge in [-0.1, -0.05) is 24.3 Å². The maximum absolute atomic E-state index is 13.4. The second-order valence-electron chi connectivity index (χ2n) is 8.30. The van der Waals surface area contributed by atoms with Gasteiger partial charge < -0.3 is 15.3 Å². The molecule has 0 aliphatic rings. The van der Waals surface area contributed by atoms with E-state index in [1.807, 2.05) is 12.1 Å². The van der Waals surface area contributed by atoms with Gasteiger partial charge in [-0.05, 0) is 79.9 Å². The van der Waals surface area contributed by atoms with Gasteiger partial charge in [-0.3, -0.25) is 9.59 Å². The Balaban J connectivity index is 1.71. The molecule has 0 saturated carbocycles. The van der Waals surface area contributed by atoms with Gasteiger partial charge in [0.25, 0.3) is 11.8 Å². The van der Waals surface area contributed by atoms with Gasteiger partial charge in [0.15, 0.2) is 0 Å². The van der Waals surface area contributed by atoms with Crippen LogP contribution < -0.4 is 5.32 Å². The molecule has 0 atom stereocenters. The van der Waals surface area contributed by atoms with Crippen molar-refractivity contribution >= 4 is 23.5 Å². The van der Waals surface area contributed by atoms with Crippen molar-refractivity contribution in [2.45, 2.75) is 26.3 Å². The number of carbonyl (C=O) groups excluding carboxylic acids is 2. The Labute approximate surface area is 191 Å². The number of carboxylic acids is 1. The Bertz CT molecular complexity index is 1200. The summed E-state index contributed by atoms with van der Waals surface area (Å²) >= 11 is 0. The first-order valence-corrected chi connectivity index (χ1v) is 10.3. The molecule has 0 aliphatic heterocycles. The molecule has 7 heteroatoms. The van der Waals surface area contributed by atoms with Crippen molar-refractivity contribution in [2.75, 3.05) is 12.4 Å². The van der Waals surface area contributed by atoms with Crippen molar-refractivity contribution in [3.05, 3.63) is 89.2 Å². The number of nitrogens with one attached hydrogen (secondary N) is 1. The van der Waals surface area contributed by atoms with Gasteiger partial charge in [0, 0.05) is 23.9 Å². The molecule has 6 nitrogen and oxygen atoms in total. The number of likely N-dealkylation sites (N-methyl/N-ethyl adjacent to an activating group) is 1. The van der Waals surface area contributed by atoms with Crippen LogP contribution in [0.1, 0.15) is 40.1 Å². The molecule has 170 valence electrons. The van der Waals surface area contributed by atoms with Crippen LogP contribution >= 0.6 is 0 Å². The summed E-state index contributed by atoms with van der Waals surface area (Å²) in [5.74, 6) is -2.16. The summed E-state index contributed by atoms with van der Waals surface area (Å²) in [6.45, 7) is 4.54. The molecule has 3 aromatic rings. The number of benzene rings is 3. The van der Waals surface area contributed by atoms with Gasteiger partial charge in [-0.25, -0.2) is 9.18 Å². The van der Waals surface area contributed by atoms with Crippen LogP contribution in [0.2, 0.25) is 0 Å². The van der Waals surface area contributed by atoms with E-state index in [0.29, 0.717) is 22.4 Å². The third-order valence-electron chi connectivity index (χ3n) is 5.69. The van der Waals surface area contributed by atoms with Crippen molar-refractivity contribution in [3.8, 4) is 11.1 Å². The Morgan fingerprint density at radius 2 is 1.39 bits per heavy atom. The van der Waals surface area contributed by atoms with Gasteiger partial charge >= 0.3 is 5.97 Å². The summed E-state index contributed by atoms with van der Waals surface area (Å²) in [6, 6.07) is 18.2. The third-order valence-corrected chi connectivity index (χ3v) is 5.69. The molecule has 0 saturated heterocycles. The third kappa shape index (κ3) is 5.09. The molecule has 3 rings (SSSR count). The fraction of sp³-hybridized carbons (Fsp3) is 0.192. The lowest BCUT2D eigenvalue weighted by Crippen LogP contribution is -2.50. The summed E-state index contributed by atoms with van der Waals surface area (Å²) in [6.07, 6.45) is 0. The smallest absolute Gasteiger partial charge is 0.329 e. The van der Waals surface area contributed by atoms with E-state index in [2.05, 4.69) is 5.32 Å². The number of carbonyl (C=O) groups is 3. The van der Waals surface area contributed by atoms with E-state index in [1.165, 1.54) is 44.0 Å². The molecule has 0 spiro atoms. The average molecular weight is 448 g/mol. The highest BCUT2D eigenvalue weighted by molar-refractivity contribution is 6.04. The number of halogens is 1. The molecule has 0 radical (unpaired) electrons. The molecular weight excluding hydrogens is 423 g/mol. The second-order valence-corrected chi connectivity index (χ2v) is 8.30. The number of hydrogen-bond donors (Lipinski definition) is 2. The average Bonchev–Trinajstić information content (AvgIpc) is 2.80. The number of amides is 2. The molecule has 3 aromatic carbocycles. The van der Waals surface area contributed by atoms with Crippen molar-refractivity contribution in [1.29, 1.82) is 0 Å². The zero-order valence-corrected chi connectivity index (χ0v) is 18.8. The number of carboxylic acid groups (broad SMARTS) is 1. The van der Waals surface area contributed by atoms with Gasteiger partial charge in [-0.15, -0.1) is 0 Å². The highest BCUT2D eigenvalue weighted by Crippen LogP contribution is 2.24. The van der Waals surface area contributed by atoms with Crippen LogP contribution in [0.4, 0.5) is 10.1 Å². The highest BCUT2D eigenvalue weighted by Gasteiger charge is 2.35. The van der Waals surface area contributed by atoms with E-state index in [4.69, 9.17) is 0 Å². The SMILES string of the molecule is Cc1cc(C(=O)Nc2ccc(-c3ccc(C(=O)N(C)C(C)(C)C(=O)O)cc3)cc2)ccc1F. The van der Waals surface area contributed by atoms with Gasteiger partial charge in [0.1, 0.15) is 11.4 Å². The van der Waals surface area contributed by atoms with E-state index < -0.39 is 11.5 Å². The first kappa shape index (κ1) is 23.7. The predicted octanol–water partition coefficient (Wildman–Crippen LogP) is 4.99. The minimum Gasteiger partial charge on any atom is -0.480 e. The minimum atomic E-state index is -1.33. The monoisotopic (exact) mass is 448 g/mol. The van der Waals surface area contributed by atoms with E-state index in [0.717, 1.165) is 11.1 Å². The lowest BCUT2D eigenvalue weighted by atomic mass is 10.0. The summed E-state index contributed by atoms with van der Waals surface area (Å²) in [5.41, 5.74) is 2.15. The van der Waals surface area contributed by atoms with Crippen LogP contribution in [0, 0.1) is 12.7 Å². The minimum absolute atomic E-state index is 0.331. The van der Waals surface area contributed by atoms with Crippen molar-refractivity contribution in [2.24, 2.45) is 0 Å². The predicted molar refractivity (Wildman–Crippen MR) is 125 cm³/mol. The van der Waals surface area contributed by atoms with Crippen LogP contribution in [0.5, 0.6) is 0 Å². The van der Waals surface area contributed by atoms with Gasteiger partial charge in [0.05, 0.1) is 0 Å². The molecule has 0 aliphatic carbocycles. The van der Waals surface area contributed by atoms with E-state index in [-0.39, 0.29) is 17.6 Å². The van der Waals surface area contributed by atoms with Crippen LogP contribution in [0.3, 0.4) is 0 Å². The normalized spacial score (nSPS) is 11.1. The molecule has 0 bridgehead atoms. The molecule has 2 N–H and O–H groups in total. The van der Waals surface area contributed by atoms with Gasteiger partial charge in [0.2, 0.25) is 0 Å². The molecule has 2 amide bonds. The summed E-state index contributed by atoms with van der Waals surface area (Å²) < 4.78 is 13.4. The number of hydrogen-bond acceptors (Lipinski definition) is 3.